The molecular formula is C20H27N3O2. The van der Waals surface area contributed by atoms with Crippen LogP contribution in [0.1, 0.15) is 30.8 Å². The highest BCUT2D eigenvalue weighted by atomic mass is 16.5. The second-order valence-electron chi connectivity index (χ2n) is 6.50. The van der Waals surface area contributed by atoms with Crippen molar-refractivity contribution in [2.45, 2.75) is 46.7 Å². The molecule has 5 nitrogen and oxygen atoms in total. The van der Waals surface area contributed by atoms with E-state index >= 15 is 0 Å². The maximum absolute atomic E-state index is 12.2. The number of allylic oxidation sites excluding steroid dienone is 1. The molecule has 0 saturated heterocycles. The number of ether oxygens (including phenoxy) is 1. The molecular weight excluding hydrogens is 314 g/mol. The van der Waals surface area contributed by atoms with Crippen LogP contribution >= 0.6 is 0 Å². The summed E-state index contributed by atoms with van der Waals surface area (Å²) < 4.78 is 7.28. The molecule has 134 valence electrons. The smallest absolute Gasteiger partial charge is 0.244 e. The fraction of sp³-hybridized carbons (Fsp3) is 0.400. The summed E-state index contributed by atoms with van der Waals surface area (Å²) >= 11 is 0. The van der Waals surface area contributed by atoms with E-state index in [4.69, 9.17) is 4.74 Å². The third-order valence-electron chi connectivity index (χ3n) is 3.98. The zero-order chi connectivity index (χ0) is 18.4. The van der Waals surface area contributed by atoms with Gasteiger partial charge in [-0.25, -0.2) is 0 Å². The Morgan fingerprint density at radius 3 is 2.72 bits per heavy atom. The van der Waals surface area contributed by atoms with Gasteiger partial charge in [0.25, 0.3) is 0 Å². The molecule has 2 aromatic rings. The Bertz CT molecular complexity index is 762. The summed E-state index contributed by atoms with van der Waals surface area (Å²) in [5.41, 5.74) is 4.15. The number of methoxy groups -OCH3 is 1. The third-order valence-corrected chi connectivity index (χ3v) is 3.98. The first-order valence-electron chi connectivity index (χ1n) is 8.49. The van der Waals surface area contributed by atoms with Crippen LogP contribution in [0.5, 0.6) is 5.75 Å². The van der Waals surface area contributed by atoms with Crippen LogP contribution < -0.4 is 10.1 Å². The van der Waals surface area contributed by atoms with Crippen molar-refractivity contribution in [2.24, 2.45) is 0 Å². The second-order valence-corrected chi connectivity index (χ2v) is 6.50. The number of aryl methyl sites for hydroxylation is 2. The molecule has 0 aliphatic heterocycles. The molecule has 1 N–H and O–H groups in total. The van der Waals surface area contributed by atoms with Gasteiger partial charge < -0.3 is 10.1 Å². The molecule has 0 bridgehead atoms. The van der Waals surface area contributed by atoms with Gasteiger partial charge in [-0.2, -0.15) is 5.10 Å². The van der Waals surface area contributed by atoms with Crippen molar-refractivity contribution in [1.29, 1.82) is 0 Å². The highest BCUT2D eigenvalue weighted by Crippen LogP contribution is 2.20. The zero-order valence-electron chi connectivity index (χ0n) is 15.7. The van der Waals surface area contributed by atoms with Crippen LogP contribution in [0.3, 0.4) is 0 Å². The molecule has 1 heterocycles. The number of nitrogens with zero attached hydrogens (tertiary/aromatic N) is 2. The van der Waals surface area contributed by atoms with Gasteiger partial charge >= 0.3 is 0 Å². The van der Waals surface area contributed by atoms with Gasteiger partial charge in [0.05, 0.1) is 19.3 Å². The maximum atomic E-state index is 12.2. The lowest BCUT2D eigenvalue weighted by Gasteiger charge is -2.14. The normalized spacial score (nSPS) is 12.8. The number of nitrogens with one attached hydrogen (secondary N) is 1. The van der Waals surface area contributed by atoms with Crippen molar-refractivity contribution in [3.05, 3.63) is 58.9 Å². The van der Waals surface area contributed by atoms with E-state index in [9.17, 15) is 4.79 Å². The van der Waals surface area contributed by atoms with Crippen molar-refractivity contribution >= 4 is 5.91 Å². The number of carbonyl (C=O) groups is 1. The largest absolute Gasteiger partial charge is 0.496 e. The third kappa shape index (κ3) is 5.48. The van der Waals surface area contributed by atoms with E-state index in [1.165, 1.54) is 0 Å². The predicted octanol–water partition coefficient (Wildman–Crippen LogP) is 3.20. The van der Waals surface area contributed by atoms with Crippen molar-refractivity contribution in [3.8, 4) is 5.75 Å². The van der Waals surface area contributed by atoms with Crippen LogP contribution in [0.2, 0.25) is 0 Å². The molecule has 2 rings (SSSR count). The molecule has 0 spiro atoms. The summed E-state index contributed by atoms with van der Waals surface area (Å²) in [7, 11) is 1.66. The SMILES string of the molecule is COc1ccccc1C/C(C)=C\C(=O)NC(C)Cn1nc(C)cc1C. The highest BCUT2D eigenvalue weighted by molar-refractivity contribution is 5.88. The number of benzene rings is 1. The molecule has 1 amide bonds. The zero-order valence-corrected chi connectivity index (χ0v) is 15.7. The lowest BCUT2D eigenvalue weighted by atomic mass is 10.0. The average Bonchev–Trinajstić information content (AvgIpc) is 2.84. The Kier molecular flexibility index (Phi) is 6.39. The molecule has 1 unspecified atom stereocenters. The van der Waals surface area contributed by atoms with Crippen LogP contribution in [-0.4, -0.2) is 28.8 Å². The Morgan fingerprint density at radius 2 is 2.08 bits per heavy atom. The molecule has 0 saturated carbocycles. The van der Waals surface area contributed by atoms with E-state index < -0.39 is 0 Å². The summed E-state index contributed by atoms with van der Waals surface area (Å²) in [6.45, 7) is 8.59. The Labute approximate surface area is 149 Å². The fourth-order valence-corrected chi connectivity index (χ4v) is 2.87. The molecule has 0 radical (unpaired) electrons. The highest BCUT2D eigenvalue weighted by Gasteiger charge is 2.10. The van der Waals surface area contributed by atoms with Crippen LogP contribution in [-0.2, 0) is 17.8 Å². The Hall–Kier alpha value is -2.56. The molecule has 1 aromatic heterocycles. The summed E-state index contributed by atoms with van der Waals surface area (Å²) in [5.74, 6) is 0.759. The van der Waals surface area contributed by atoms with Crippen LogP contribution in [0.25, 0.3) is 0 Å². The van der Waals surface area contributed by atoms with E-state index in [1.807, 2.05) is 62.7 Å². The van der Waals surface area contributed by atoms with Gasteiger partial charge in [0, 0.05) is 17.8 Å². The van der Waals surface area contributed by atoms with Gasteiger partial charge in [-0.15, -0.1) is 0 Å². The lowest BCUT2D eigenvalue weighted by Crippen LogP contribution is -2.35. The number of para-hydroxylation sites is 1. The van der Waals surface area contributed by atoms with E-state index in [2.05, 4.69) is 10.4 Å². The molecule has 0 fully saturated rings. The molecule has 1 atom stereocenters. The summed E-state index contributed by atoms with van der Waals surface area (Å²) in [6.07, 6.45) is 2.34. The van der Waals surface area contributed by atoms with E-state index in [0.717, 1.165) is 28.3 Å². The van der Waals surface area contributed by atoms with Gasteiger partial charge in [0.1, 0.15) is 5.75 Å². The summed E-state index contributed by atoms with van der Waals surface area (Å²) in [5, 5.41) is 7.43. The first-order chi connectivity index (χ1) is 11.9. The number of aromatic nitrogens is 2. The Balaban J connectivity index is 1.93. The van der Waals surface area contributed by atoms with Crippen molar-refractivity contribution in [2.75, 3.05) is 7.11 Å². The molecule has 0 aliphatic carbocycles. The average molecular weight is 341 g/mol. The molecule has 1 aromatic carbocycles. The standard InChI is InChI=1S/C20H27N3O2/c1-14(10-18-8-6-7-9-19(18)25-5)11-20(24)21-16(3)13-23-17(4)12-15(2)22-23/h6-9,11-12,16H,10,13H2,1-5H3,(H,21,24)/b14-11-. The molecule has 5 heteroatoms. The molecule has 0 aliphatic rings. The molecule has 25 heavy (non-hydrogen) atoms. The lowest BCUT2D eigenvalue weighted by molar-refractivity contribution is -0.117. The number of hydrogen-bond acceptors (Lipinski definition) is 3. The van der Waals surface area contributed by atoms with Crippen LogP contribution in [0, 0.1) is 13.8 Å². The van der Waals surface area contributed by atoms with Gasteiger partial charge in [-0.05, 0) is 51.8 Å². The van der Waals surface area contributed by atoms with Gasteiger partial charge in [-0.3, -0.25) is 9.48 Å². The minimum atomic E-state index is -0.0820. The minimum Gasteiger partial charge on any atom is -0.496 e. The number of rotatable bonds is 7. The van der Waals surface area contributed by atoms with Gasteiger partial charge in [0.2, 0.25) is 5.91 Å². The van der Waals surface area contributed by atoms with Crippen LogP contribution in [0.4, 0.5) is 0 Å². The topological polar surface area (TPSA) is 56.1 Å². The number of hydrogen-bond donors (Lipinski definition) is 1. The monoisotopic (exact) mass is 341 g/mol. The minimum absolute atomic E-state index is 0.000751. The Morgan fingerprint density at radius 1 is 1.36 bits per heavy atom. The first-order valence-corrected chi connectivity index (χ1v) is 8.49. The van der Waals surface area contributed by atoms with Crippen LogP contribution in [0.15, 0.2) is 42.0 Å². The second kappa shape index (κ2) is 8.51. The van der Waals surface area contributed by atoms with E-state index in [1.54, 1.807) is 13.2 Å². The number of amides is 1. The van der Waals surface area contributed by atoms with Gasteiger partial charge in [-0.1, -0.05) is 23.8 Å². The summed E-state index contributed by atoms with van der Waals surface area (Å²) in [6, 6.07) is 9.89. The first kappa shape index (κ1) is 18.8. The fourth-order valence-electron chi connectivity index (χ4n) is 2.87. The number of carbonyl (C=O) groups excluding carboxylic acids is 1. The van der Waals surface area contributed by atoms with Crippen molar-refractivity contribution in [1.82, 2.24) is 15.1 Å². The van der Waals surface area contributed by atoms with Crippen molar-refractivity contribution < 1.29 is 9.53 Å². The van der Waals surface area contributed by atoms with E-state index in [-0.39, 0.29) is 11.9 Å². The predicted molar refractivity (Wildman–Crippen MR) is 99.8 cm³/mol. The van der Waals surface area contributed by atoms with Crippen molar-refractivity contribution in [3.63, 3.8) is 0 Å². The quantitative estimate of drug-likeness (QED) is 0.787. The maximum Gasteiger partial charge on any atom is 0.244 e. The summed E-state index contributed by atoms with van der Waals surface area (Å²) in [4.78, 5) is 12.2. The van der Waals surface area contributed by atoms with E-state index in [0.29, 0.717) is 13.0 Å². The van der Waals surface area contributed by atoms with Gasteiger partial charge in [0.15, 0.2) is 0 Å².